The van der Waals surface area contributed by atoms with Crippen molar-refractivity contribution in [2.75, 3.05) is 24.9 Å². The van der Waals surface area contributed by atoms with E-state index >= 15 is 0 Å². The Morgan fingerprint density at radius 3 is 2.35 bits per heavy atom. The molecule has 8 nitrogen and oxygen atoms in total. The lowest BCUT2D eigenvalue weighted by Crippen LogP contribution is -2.56. The van der Waals surface area contributed by atoms with E-state index in [4.69, 9.17) is 0 Å². The van der Waals surface area contributed by atoms with Gasteiger partial charge in [-0.15, -0.1) is 11.8 Å². The van der Waals surface area contributed by atoms with Gasteiger partial charge in [-0.25, -0.2) is 0 Å². The van der Waals surface area contributed by atoms with Crippen LogP contribution in [-0.2, 0) is 22.6 Å². The van der Waals surface area contributed by atoms with Crippen LogP contribution in [0.5, 0.6) is 0 Å². The number of nitrogens with zero attached hydrogens (tertiary/aromatic N) is 2. The molecule has 0 aromatic heterocycles. The van der Waals surface area contributed by atoms with E-state index in [0.29, 0.717) is 24.4 Å². The number of nitrogens with one attached hydrogen (secondary N) is 2. The van der Waals surface area contributed by atoms with Gasteiger partial charge in [0.25, 0.3) is 5.91 Å². The largest absolute Gasteiger partial charge is 0.412 e. The molecule has 1 aliphatic rings. The average molecular weight is 605 g/mol. The Bertz CT molecular complexity index is 1410. The number of benzene rings is 3. The summed E-state index contributed by atoms with van der Waals surface area (Å²) in [5, 5.41) is 6.24. The van der Waals surface area contributed by atoms with Crippen LogP contribution >= 0.6 is 11.8 Å². The van der Waals surface area contributed by atoms with Gasteiger partial charge in [0.15, 0.2) is 0 Å². The Kier molecular flexibility index (Phi) is 11.4. The minimum Gasteiger partial charge on any atom is -0.412 e. The van der Waals surface area contributed by atoms with E-state index in [0.717, 1.165) is 22.4 Å². The summed E-state index contributed by atoms with van der Waals surface area (Å²) in [7, 11) is 3.86. The van der Waals surface area contributed by atoms with Crippen LogP contribution in [0.15, 0.2) is 78.9 Å². The van der Waals surface area contributed by atoms with Crippen molar-refractivity contribution in [1.82, 2.24) is 15.5 Å². The van der Waals surface area contributed by atoms with Crippen molar-refractivity contribution in [1.29, 1.82) is 0 Å². The molecule has 3 amide bonds. The molecule has 1 unspecified atom stereocenters. The monoisotopic (exact) mass is 604 g/mol. The van der Waals surface area contributed by atoms with Gasteiger partial charge in [0.05, 0.1) is 11.8 Å². The summed E-state index contributed by atoms with van der Waals surface area (Å²) >= 11 is 1.60. The zero-order valence-corrected chi connectivity index (χ0v) is 26.7. The summed E-state index contributed by atoms with van der Waals surface area (Å²) in [6.45, 7) is 8.29. The van der Waals surface area contributed by atoms with Crippen molar-refractivity contribution in [3.63, 3.8) is 0 Å². The number of aryl methyl sites for hydroxylation is 1. The predicted molar refractivity (Wildman–Crippen MR) is 175 cm³/mol. The number of hydrogen-bond acceptors (Lipinski definition) is 5. The van der Waals surface area contributed by atoms with E-state index in [1.54, 1.807) is 22.7 Å². The fourth-order valence-electron chi connectivity index (χ4n) is 5.33. The van der Waals surface area contributed by atoms with E-state index in [1.165, 1.54) is 0 Å². The molecule has 1 saturated heterocycles. The highest BCUT2D eigenvalue weighted by Crippen LogP contribution is 2.40. The molecule has 4 rings (SSSR count). The van der Waals surface area contributed by atoms with E-state index < -0.39 is 22.7 Å². The molecule has 3 aromatic carbocycles. The Balaban J connectivity index is 0.00000506. The minimum atomic E-state index is -0.633. The molecular formula is C34H44N4O4S. The lowest BCUT2D eigenvalue weighted by atomic mass is 9.91. The van der Waals surface area contributed by atoms with E-state index in [2.05, 4.69) is 10.6 Å². The number of carbonyl (C=O) groups is 3. The predicted octanol–water partition coefficient (Wildman–Crippen LogP) is 4.21. The summed E-state index contributed by atoms with van der Waals surface area (Å²) in [5.74, 6) is -0.698. The number of thioether (sulfide) groups is 1. The normalized spacial score (nSPS) is 16.9. The minimum absolute atomic E-state index is 0. The topological polar surface area (TPSA) is 113 Å². The van der Waals surface area contributed by atoms with E-state index in [9.17, 15) is 14.4 Å². The van der Waals surface area contributed by atoms with Gasteiger partial charge in [-0.05, 0) is 62.1 Å². The fraction of sp³-hybridized carbons (Fsp3) is 0.382. The number of anilines is 1. The highest BCUT2D eigenvalue weighted by molar-refractivity contribution is 8.00. The van der Waals surface area contributed by atoms with Crippen LogP contribution in [0.1, 0.15) is 47.8 Å². The van der Waals surface area contributed by atoms with Crippen LogP contribution in [0.25, 0.3) is 0 Å². The molecule has 0 bridgehead atoms. The van der Waals surface area contributed by atoms with Gasteiger partial charge in [-0.3, -0.25) is 14.4 Å². The maximum Gasteiger partial charge on any atom is 0.251 e. The number of hydrogen-bond donors (Lipinski definition) is 2. The molecule has 0 radical (unpaired) electrons. The molecule has 43 heavy (non-hydrogen) atoms. The first-order chi connectivity index (χ1) is 20.0. The van der Waals surface area contributed by atoms with Crippen LogP contribution in [0.3, 0.4) is 0 Å². The van der Waals surface area contributed by atoms with Crippen molar-refractivity contribution in [2.45, 2.75) is 57.5 Å². The number of amides is 3. The summed E-state index contributed by atoms with van der Waals surface area (Å²) in [5.41, 5.74) is 4.63. The second-order valence-electron chi connectivity index (χ2n) is 11.7. The van der Waals surface area contributed by atoms with Gasteiger partial charge in [-0.1, -0.05) is 67.6 Å². The third-order valence-electron chi connectivity index (χ3n) is 8.02. The first-order valence-electron chi connectivity index (χ1n) is 14.4. The second-order valence-corrected chi connectivity index (χ2v) is 13.3. The maximum atomic E-state index is 14.1. The molecule has 230 valence electrons. The van der Waals surface area contributed by atoms with Gasteiger partial charge >= 0.3 is 0 Å². The molecule has 3 atom stereocenters. The van der Waals surface area contributed by atoms with Crippen LogP contribution in [0, 0.1) is 12.8 Å². The van der Waals surface area contributed by atoms with Crippen molar-refractivity contribution >= 4 is 35.2 Å². The van der Waals surface area contributed by atoms with Gasteiger partial charge in [0.2, 0.25) is 11.8 Å². The molecular weight excluding hydrogens is 560 g/mol. The molecule has 0 saturated carbocycles. The molecule has 1 heterocycles. The number of rotatable bonds is 10. The molecule has 1 fully saturated rings. The summed E-state index contributed by atoms with van der Waals surface area (Å²) in [4.78, 5) is 44.9. The van der Waals surface area contributed by atoms with Gasteiger partial charge in [-0.2, -0.15) is 0 Å². The summed E-state index contributed by atoms with van der Waals surface area (Å²) in [6.07, 6.45) is 0.487. The van der Waals surface area contributed by atoms with Gasteiger partial charge in [0.1, 0.15) is 6.04 Å². The third-order valence-corrected chi connectivity index (χ3v) is 9.40. The Morgan fingerprint density at radius 1 is 1.00 bits per heavy atom. The molecule has 1 aliphatic heterocycles. The lowest BCUT2D eigenvalue weighted by Gasteiger charge is -2.34. The highest BCUT2D eigenvalue weighted by Gasteiger charge is 2.49. The first-order valence-corrected chi connectivity index (χ1v) is 15.4. The van der Waals surface area contributed by atoms with Crippen LogP contribution in [0.4, 0.5) is 5.69 Å². The van der Waals surface area contributed by atoms with Crippen LogP contribution < -0.4 is 15.5 Å². The zero-order chi connectivity index (χ0) is 30.4. The molecule has 9 heteroatoms. The zero-order valence-electron chi connectivity index (χ0n) is 25.9. The average Bonchev–Trinajstić information content (AvgIpc) is 3.30. The Hall–Kier alpha value is -3.82. The Labute approximate surface area is 259 Å². The lowest BCUT2D eigenvalue weighted by molar-refractivity contribution is -0.142. The van der Waals surface area contributed by atoms with Crippen molar-refractivity contribution in [3.8, 4) is 0 Å². The summed E-state index contributed by atoms with van der Waals surface area (Å²) in [6, 6.07) is 24.1. The maximum absolute atomic E-state index is 14.1. The van der Waals surface area contributed by atoms with Gasteiger partial charge in [0, 0.05) is 42.7 Å². The fourth-order valence-corrected chi connectivity index (χ4v) is 6.47. The summed E-state index contributed by atoms with van der Waals surface area (Å²) < 4.78 is -0.462. The third kappa shape index (κ3) is 8.18. The molecule has 0 aliphatic carbocycles. The molecule has 4 N–H and O–H groups in total. The van der Waals surface area contributed by atoms with Crippen molar-refractivity contribution < 1.29 is 19.9 Å². The standard InChI is InChI=1S/C34H42N4O3S.H2O/c1-23-13-10-11-16-27(23)21-35-32(40)30-34(3,4)42-22-38(30)33(41)24(2)29(19-25-14-8-7-9-15-25)36-31(39)26-17-12-18-28(20-26)37(5)6;/h7-18,20,24,29-30H,19,21-22H2,1-6H3,(H,35,40)(H,36,39);1H2/t24-,29?,30+;/m0./s1. The van der Waals surface area contributed by atoms with E-state index in [1.807, 2.05) is 119 Å². The van der Waals surface area contributed by atoms with Crippen LogP contribution in [-0.4, -0.2) is 64.9 Å². The van der Waals surface area contributed by atoms with Crippen molar-refractivity contribution in [3.05, 3.63) is 101 Å². The van der Waals surface area contributed by atoms with Crippen molar-refractivity contribution in [2.24, 2.45) is 5.92 Å². The smallest absolute Gasteiger partial charge is 0.251 e. The van der Waals surface area contributed by atoms with Crippen LogP contribution in [0.2, 0.25) is 0 Å². The molecule has 0 spiro atoms. The number of carbonyl (C=O) groups excluding carboxylic acids is 3. The van der Waals surface area contributed by atoms with E-state index in [-0.39, 0.29) is 23.2 Å². The molecule has 3 aromatic rings. The first kappa shape index (κ1) is 33.7. The quantitative estimate of drug-likeness (QED) is 0.360. The SMILES string of the molecule is Cc1ccccc1CNC(=O)[C@H]1N(C(=O)[C@@H](C)C(Cc2ccccc2)NC(=O)c2cccc(N(C)C)c2)CSC1(C)C.O. The highest BCUT2D eigenvalue weighted by atomic mass is 32.2. The Morgan fingerprint density at radius 2 is 1.67 bits per heavy atom. The van der Waals surface area contributed by atoms with Gasteiger partial charge < -0.3 is 25.9 Å². The second kappa shape index (κ2) is 14.6.